The molecule has 2 aromatic rings. The highest BCUT2D eigenvalue weighted by molar-refractivity contribution is 9.10. The van der Waals surface area contributed by atoms with Gasteiger partial charge in [0.2, 0.25) is 0 Å². The van der Waals surface area contributed by atoms with Gasteiger partial charge in [0, 0.05) is 6.07 Å². The molecule has 0 saturated heterocycles. The van der Waals surface area contributed by atoms with Crippen LogP contribution in [0.1, 0.15) is 5.76 Å². The summed E-state index contributed by atoms with van der Waals surface area (Å²) >= 11 is 14.9. The first-order valence-corrected chi connectivity index (χ1v) is 8.33. The summed E-state index contributed by atoms with van der Waals surface area (Å²) in [6, 6.07) is 6.00. The largest absolute Gasteiger partial charge is 0.452 e. The van der Waals surface area contributed by atoms with E-state index in [1.165, 1.54) is 18.2 Å². The van der Waals surface area contributed by atoms with Crippen molar-refractivity contribution >= 4 is 54.8 Å². The Morgan fingerprint density at radius 2 is 1.90 bits per heavy atom. The molecule has 1 aromatic heterocycles. The quantitative estimate of drug-likeness (QED) is 0.822. The molecule has 0 atom stereocenters. The Morgan fingerprint density at radius 1 is 1.30 bits per heavy atom. The maximum atomic E-state index is 12.3. The van der Waals surface area contributed by atoms with Crippen LogP contribution in [-0.4, -0.2) is 8.42 Å². The Balaban J connectivity index is 2.43. The van der Waals surface area contributed by atoms with E-state index in [-0.39, 0.29) is 31.8 Å². The van der Waals surface area contributed by atoms with Crippen molar-refractivity contribution in [3.63, 3.8) is 0 Å². The molecule has 2 rings (SSSR count). The van der Waals surface area contributed by atoms with Crippen molar-refractivity contribution in [2.24, 2.45) is 5.73 Å². The summed E-state index contributed by atoms with van der Waals surface area (Å²) in [4.78, 5) is -0.0751. The Bertz CT molecular complexity index is 726. The Labute approximate surface area is 134 Å². The van der Waals surface area contributed by atoms with Crippen molar-refractivity contribution in [1.29, 1.82) is 0 Å². The topological polar surface area (TPSA) is 85.3 Å². The number of benzene rings is 1. The highest BCUT2D eigenvalue weighted by atomic mass is 79.9. The molecule has 1 heterocycles. The molecule has 0 unspecified atom stereocenters. The molecular weight excluding hydrogens is 391 g/mol. The molecule has 0 fully saturated rings. The van der Waals surface area contributed by atoms with Gasteiger partial charge in [-0.2, -0.15) is 0 Å². The van der Waals surface area contributed by atoms with E-state index in [0.717, 1.165) is 0 Å². The monoisotopic (exact) mass is 398 g/mol. The molecule has 0 amide bonds. The number of rotatable bonds is 4. The van der Waals surface area contributed by atoms with Gasteiger partial charge in [0.1, 0.15) is 10.7 Å². The van der Waals surface area contributed by atoms with Gasteiger partial charge in [-0.05, 0) is 28.1 Å². The number of nitrogens with one attached hydrogen (secondary N) is 1. The number of furan rings is 1. The van der Waals surface area contributed by atoms with Gasteiger partial charge in [-0.3, -0.25) is 4.72 Å². The van der Waals surface area contributed by atoms with Gasteiger partial charge < -0.3 is 10.2 Å². The zero-order valence-electron chi connectivity index (χ0n) is 9.86. The number of sulfonamides is 1. The predicted molar refractivity (Wildman–Crippen MR) is 81.6 cm³/mol. The van der Waals surface area contributed by atoms with Gasteiger partial charge in [0.15, 0.2) is 4.67 Å². The van der Waals surface area contributed by atoms with Gasteiger partial charge >= 0.3 is 0 Å². The van der Waals surface area contributed by atoms with Crippen LogP contribution in [0.25, 0.3) is 0 Å². The average molecular weight is 400 g/mol. The van der Waals surface area contributed by atoms with Crippen LogP contribution < -0.4 is 10.5 Å². The normalized spacial score (nSPS) is 11.6. The Morgan fingerprint density at radius 3 is 2.40 bits per heavy atom. The number of hydrogen-bond acceptors (Lipinski definition) is 4. The first kappa shape index (κ1) is 15.7. The maximum Gasteiger partial charge on any atom is 0.266 e. The zero-order chi connectivity index (χ0) is 14.9. The van der Waals surface area contributed by atoms with Crippen molar-refractivity contribution in [3.05, 3.63) is 44.7 Å². The molecule has 0 radical (unpaired) electrons. The average Bonchev–Trinajstić information content (AvgIpc) is 2.76. The van der Waals surface area contributed by atoms with Crippen molar-refractivity contribution in [2.45, 2.75) is 11.4 Å². The molecular formula is C11H9BrCl2N2O3S. The molecule has 5 nitrogen and oxygen atoms in total. The summed E-state index contributed by atoms with van der Waals surface area (Å²) in [6.45, 7) is 0.0843. The van der Waals surface area contributed by atoms with Gasteiger partial charge in [-0.1, -0.05) is 29.3 Å². The van der Waals surface area contributed by atoms with Crippen molar-refractivity contribution in [2.75, 3.05) is 4.72 Å². The minimum Gasteiger partial charge on any atom is -0.452 e. The highest BCUT2D eigenvalue weighted by Crippen LogP contribution is 2.34. The van der Waals surface area contributed by atoms with Crippen LogP contribution in [0.5, 0.6) is 0 Å². The second-order valence-corrected chi connectivity index (χ2v) is 6.94. The molecule has 108 valence electrons. The number of nitrogens with two attached hydrogens (primary N) is 1. The molecule has 3 N–H and O–H groups in total. The summed E-state index contributed by atoms with van der Waals surface area (Å²) in [6.07, 6.45) is 0. The molecule has 0 aliphatic heterocycles. The summed E-state index contributed by atoms with van der Waals surface area (Å²) in [5, 5.41) is 0.388. The lowest BCUT2D eigenvalue weighted by Crippen LogP contribution is -2.13. The summed E-state index contributed by atoms with van der Waals surface area (Å²) in [7, 11) is -3.89. The molecule has 0 aliphatic carbocycles. The second-order valence-electron chi connectivity index (χ2n) is 3.76. The van der Waals surface area contributed by atoms with E-state index in [0.29, 0.717) is 5.76 Å². The number of hydrogen-bond donors (Lipinski definition) is 2. The van der Waals surface area contributed by atoms with Crippen LogP contribution in [-0.2, 0) is 16.6 Å². The molecule has 0 saturated carbocycles. The van der Waals surface area contributed by atoms with E-state index in [9.17, 15) is 8.42 Å². The lowest BCUT2D eigenvalue weighted by Gasteiger charge is -2.10. The summed E-state index contributed by atoms with van der Waals surface area (Å²) < 4.78 is 32.1. The molecule has 1 aromatic carbocycles. The van der Waals surface area contributed by atoms with Crippen molar-refractivity contribution < 1.29 is 12.8 Å². The van der Waals surface area contributed by atoms with Gasteiger partial charge in [0.25, 0.3) is 10.0 Å². The fourth-order valence-corrected chi connectivity index (χ4v) is 4.17. The third-order valence-electron chi connectivity index (χ3n) is 2.40. The second kappa shape index (κ2) is 5.95. The van der Waals surface area contributed by atoms with E-state index in [1.54, 1.807) is 6.07 Å². The SMILES string of the molecule is NCc1cc(S(=O)(=O)Nc2c(Cl)cccc2Cl)c(Br)o1. The van der Waals surface area contributed by atoms with Gasteiger partial charge in [-0.15, -0.1) is 0 Å². The van der Waals surface area contributed by atoms with Crippen molar-refractivity contribution in [1.82, 2.24) is 0 Å². The summed E-state index contributed by atoms with van der Waals surface area (Å²) in [5.41, 5.74) is 5.51. The molecule has 20 heavy (non-hydrogen) atoms. The van der Waals surface area contributed by atoms with E-state index in [2.05, 4.69) is 20.7 Å². The minimum absolute atomic E-state index is 0.0635. The fraction of sp³-hybridized carbons (Fsp3) is 0.0909. The van der Waals surface area contributed by atoms with E-state index in [4.69, 9.17) is 33.4 Å². The van der Waals surface area contributed by atoms with Crippen molar-refractivity contribution in [3.8, 4) is 0 Å². The smallest absolute Gasteiger partial charge is 0.266 e. The van der Waals surface area contributed by atoms with E-state index < -0.39 is 10.0 Å². The zero-order valence-corrected chi connectivity index (χ0v) is 13.8. The van der Waals surface area contributed by atoms with Gasteiger partial charge in [-0.25, -0.2) is 8.42 Å². The molecule has 9 heteroatoms. The third kappa shape index (κ3) is 3.12. The fourth-order valence-electron chi connectivity index (χ4n) is 1.47. The molecule has 0 bridgehead atoms. The third-order valence-corrected chi connectivity index (χ3v) is 5.23. The van der Waals surface area contributed by atoms with Crippen LogP contribution in [0.2, 0.25) is 10.0 Å². The standard InChI is InChI=1S/C11H9BrCl2N2O3S/c12-11-9(4-6(5-15)19-11)20(17,18)16-10-7(13)2-1-3-8(10)14/h1-4,16H,5,15H2. The first-order valence-electron chi connectivity index (χ1n) is 5.30. The lowest BCUT2D eigenvalue weighted by molar-refractivity contribution is 0.484. The maximum absolute atomic E-state index is 12.3. The van der Waals surface area contributed by atoms with Crippen LogP contribution >= 0.6 is 39.1 Å². The predicted octanol–water partition coefficient (Wildman–Crippen LogP) is 3.61. The minimum atomic E-state index is -3.89. The Hall–Kier alpha value is -0.730. The number of halogens is 3. The lowest BCUT2D eigenvalue weighted by atomic mass is 10.3. The van der Waals surface area contributed by atoms with E-state index in [1.807, 2.05) is 0 Å². The van der Waals surface area contributed by atoms with E-state index >= 15 is 0 Å². The van der Waals surface area contributed by atoms with Crippen LogP contribution in [0.3, 0.4) is 0 Å². The molecule has 0 spiro atoms. The number of para-hydroxylation sites is 1. The van der Waals surface area contributed by atoms with Gasteiger partial charge in [0.05, 0.1) is 22.3 Å². The Kier molecular flexibility index (Phi) is 4.66. The molecule has 0 aliphatic rings. The first-order chi connectivity index (χ1) is 9.35. The summed E-state index contributed by atoms with van der Waals surface area (Å²) in [5.74, 6) is 0.336. The van der Waals surface area contributed by atoms with Crippen LogP contribution in [0, 0.1) is 0 Å². The highest BCUT2D eigenvalue weighted by Gasteiger charge is 2.24. The van der Waals surface area contributed by atoms with Crippen LogP contribution in [0.4, 0.5) is 5.69 Å². The number of anilines is 1. The van der Waals surface area contributed by atoms with Crippen LogP contribution in [0.15, 0.2) is 38.2 Å².